The predicted molar refractivity (Wildman–Crippen MR) is 122 cm³/mol. The Kier molecular flexibility index (Phi) is 9.85. The van der Waals surface area contributed by atoms with E-state index in [0.717, 1.165) is 49.7 Å². The second kappa shape index (κ2) is 12.4. The van der Waals surface area contributed by atoms with Crippen molar-refractivity contribution in [2.24, 2.45) is 11.8 Å². The second-order valence-electron chi connectivity index (χ2n) is 8.57. The molecule has 4 nitrogen and oxygen atoms in total. The van der Waals surface area contributed by atoms with Crippen LogP contribution in [0.2, 0.25) is 0 Å². The number of unbranched alkanes of at least 4 members (excludes halogenated alkanes) is 4. The van der Waals surface area contributed by atoms with Crippen LogP contribution < -0.4 is 0 Å². The Morgan fingerprint density at radius 3 is 1.47 bits per heavy atom. The molecule has 0 radical (unpaired) electrons. The van der Waals surface area contributed by atoms with E-state index in [1.54, 1.807) is 24.3 Å². The van der Waals surface area contributed by atoms with Crippen molar-refractivity contribution < 1.29 is 20.4 Å². The first-order chi connectivity index (χ1) is 14.4. The van der Waals surface area contributed by atoms with Crippen LogP contribution in [0.4, 0.5) is 0 Å². The van der Waals surface area contributed by atoms with Gasteiger partial charge in [-0.05, 0) is 72.9 Å². The lowest BCUT2D eigenvalue weighted by atomic mass is 9.77. The van der Waals surface area contributed by atoms with Gasteiger partial charge in [0.25, 0.3) is 0 Å². The van der Waals surface area contributed by atoms with Crippen LogP contribution in [0.1, 0.15) is 76.3 Å². The first kappa shape index (κ1) is 23.9. The molecule has 166 valence electrons. The molecule has 0 unspecified atom stereocenters. The minimum Gasteiger partial charge on any atom is -0.504 e. The van der Waals surface area contributed by atoms with E-state index in [1.165, 1.54) is 25.7 Å². The second-order valence-corrected chi connectivity index (χ2v) is 8.57. The van der Waals surface area contributed by atoms with Crippen LogP contribution in [0.5, 0.6) is 23.0 Å². The minimum absolute atomic E-state index is 0.0641. The average Bonchev–Trinajstić information content (AvgIpc) is 2.73. The molecule has 0 heterocycles. The molecule has 2 rings (SSSR count). The van der Waals surface area contributed by atoms with Gasteiger partial charge in [-0.2, -0.15) is 0 Å². The van der Waals surface area contributed by atoms with E-state index < -0.39 is 0 Å². The van der Waals surface area contributed by atoms with E-state index in [9.17, 15) is 20.4 Å². The lowest BCUT2D eigenvalue weighted by Crippen LogP contribution is -2.20. The molecule has 0 saturated heterocycles. The molecule has 0 aromatic heterocycles. The van der Waals surface area contributed by atoms with Crippen molar-refractivity contribution in [2.75, 3.05) is 0 Å². The summed E-state index contributed by atoms with van der Waals surface area (Å²) in [7, 11) is 0. The maximum Gasteiger partial charge on any atom is 0.157 e. The normalized spacial score (nSPS) is 13.3. The molecule has 0 amide bonds. The summed E-state index contributed by atoms with van der Waals surface area (Å²) in [6.45, 7) is 4.43. The van der Waals surface area contributed by atoms with Crippen molar-refractivity contribution in [1.29, 1.82) is 0 Å². The molecule has 0 bridgehead atoms. The molecular weight excluding hydrogens is 376 g/mol. The van der Waals surface area contributed by atoms with Gasteiger partial charge in [0.1, 0.15) is 0 Å². The minimum atomic E-state index is -0.0838. The van der Waals surface area contributed by atoms with Gasteiger partial charge < -0.3 is 20.4 Å². The first-order valence-corrected chi connectivity index (χ1v) is 11.5. The number of rotatable bonds is 13. The van der Waals surface area contributed by atoms with Crippen molar-refractivity contribution in [1.82, 2.24) is 0 Å². The quantitative estimate of drug-likeness (QED) is 0.217. The topological polar surface area (TPSA) is 80.9 Å². The van der Waals surface area contributed by atoms with Crippen molar-refractivity contribution in [2.45, 2.75) is 78.1 Å². The van der Waals surface area contributed by atoms with E-state index >= 15 is 0 Å². The molecule has 0 spiro atoms. The molecule has 4 N–H and O–H groups in total. The van der Waals surface area contributed by atoms with Gasteiger partial charge in [-0.25, -0.2) is 0 Å². The fraction of sp³-hybridized carbons (Fsp3) is 0.538. The van der Waals surface area contributed by atoms with E-state index in [4.69, 9.17) is 0 Å². The van der Waals surface area contributed by atoms with Crippen LogP contribution in [0.3, 0.4) is 0 Å². The third-order valence-corrected chi connectivity index (χ3v) is 6.10. The smallest absolute Gasteiger partial charge is 0.157 e. The summed E-state index contributed by atoms with van der Waals surface area (Å²) in [5.41, 5.74) is 2.08. The number of phenolic OH excluding ortho intramolecular Hbond substituents is 4. The fourth-order valence-corrected chi connectivity index (χ4v) is 4.31. The van der Waals surface area contributed by atoms with Crippen molar-refractivity contribution in [3.05, 3.63) is 47.5 Å². The summed E-state index contributed by atoms with van der Waals surface area (Å²) in [6.07, 6.45) is 11.1. The van der Waals surface area contributed by atoms with Gasteiger partial charge in [0.2, 0.25) is 0 Å². The fourth-order valence-electron chi connectivity index (χ4n) is 4.31. The number of hydrogen-bond donors (Lipinski definition) is 4. The van der Waals surface area contributed by atoms with Gasteiger partial charge in [-0.15, -0.1) is 0 Å². The molecule has 0 aliphatic carbocycles. The Labute approximate surface area is 181 Å². The zero-order valence-electron chi connectivity index (χ0n) is 18.5. The summed E-state index contributed by atoms with van der Waals surface area (Å²) < 4.78 is 0. The highest BCUT2D eigenvalue weighted by atomic mass is 16.3. The maximum atomic E-state index is 9.93. The average molecular weight is 415 g/mol. The lowest BCUT2D eigenvalue weighted by molar-refractivity contribution is 0.275. The highest BCUT2D eigenvalue weighted by molar-refractivity contribution is 5.41. The van der Waals surface area contributed by atoms with E-state index in [0.29, 0.717) is 11.8 Å². The number of phenols is 4. The molecule has 0 aliphatic rings. The van der Waals surface area contributed by atoms with Crippen molar-refractivity contribution in [3.8, 4) is 23.0 Å². The summed E-state index contributed by atoms with van der Waals surface area (Å²) in [6, 6.07) is 10.3. The number of aromatic hydroxyl groups is 4. The largest absolute Gasteiger partial charge is 0.504 e. The Morgan fingerprint density at radius 1 is 0.567 bits per heavy atom. The Bertz CT molecular complexity index is 772. The molecule has 0 fully saturated rings. The van der Waals surface area contributed by atoms with Gasteiger partial charge in [0, 0.05) is 0 Å². The molecule has 0 saturated carbocycles. The summed E-state index contributed by atoms with van der Waals surface area (Å²) in [5, 5.41) is 39.1. The molecule has 2 aromatic rings. The molecule has 4 heteroatoms. The van der Waals surface area contributed by atoms with Crippen molar-refractivity contribution in [3.63, 3.8) is 0 Å². The van der Waals surface area contributed by atoms with Gasteiger partial charge >= 0.3 is 0 Å². The molecule has 0 aliphatic heterocycles. The Balaban J connectivity index is 2.22. The van der Waals surface area contributed by atoms with Gasteiger partial charge in [0.15, 0.2) is 23.0 Å². The van der Waals surface area contributed by atoms with E-state index in [1.807, 2.05) is 12.1 Å². The van der Waals surface area contributed by atoms with Crippen LogP contribution >= 0.6 is 0 Å². The predicted octanol–water partition coefficient (Wildman–Crippen LogP) is 6.69. The van der Waals surface area contributed by atoms with Gasteiger partial charge in [-0.1, -0.05) is 64.5 Å². The lowest BCUT2D eigenvalue weighted by Gasteiger charge is -2.28. The van der Waals surface area contributed by atoms with Crippen LogP contribution in [0.15, 0.2) is 36.4 Å². The molecule has 30 heavy (non-hydrogen) atoms. The van der Waals surface area contributed by atoms with E-state index in [2.05, 4.69) is 13.8 Å². The number of benzene rings is 2. The highest BCUT2D eigenvalue weighted by Gasteiger charge is 2.23. The monoisotopic (exact) mass is 414 g/mol. The zero-order chi connectivity index (χ0) is 21.9. The highest BCUT2D eigenvalue weighted by Crippen LogP contribution is 2.34. The van der Waals surface area contributed by atoms with Crippen LogP contribution in [0, 0.1) is 11.8 Å². The number of hydrogen-bond acceptors (Lipinski definition) is 4. The third-order valence-electron chi connectivity index (χ3n) is 6.10. The summed E-state index contributed by atoms with van der Waals surface area (Å²) in [5.74, 6) is 0.607. The first-order valence-electron chi connectivity index (χ1n) is 11.5. The van der Waals surface area contributed by atoms with Gasteiger partial charge in [0.05, 0.1) is 0 Å². The van der Waals surface area contributed by atoms with Gasteiger partial charge in [-0.3, -0.25) is 0 Å². The SMILES string of the molecule is CCCCCC[C@@H](Cc1ccc(O)c(O)c1)[C@@H](CCCC)Cc1ccc(O)c(O)c1. The standard InChI is InChI=1S/C26H38O4/c1-3-5-7-8-10-22(16-20-12-14-24(28)26(30)18-20)21(9-6-4-2)15-19-11-13-23(27)25(29)17-19/h11-14,17-18,21-22,27-30H,3-10,15-16H2,1-2H3/t21-,22-/m0/s1. The maximum absolute atomic E-state index is 9.93. The van der Waals surface area contributed by atoms with Crippen LogP contribution in [-0.4, -0.2) is 20.4 Å². The Morgan fingerprint density at radius 2 is 1.03 bits per heavy atom. The Hall–Kier alpha value is -2.36. The van der Waals surface area contributed by atoms with Crippen LogP contribution in [-0.2, 0) is 12.8 Å². The van der Waals surface area contributed by atoms with E-state index in [-0.39, 0.29) is 23.0 Å². The van der Waals surface area contributed by atoms with Crippen molar-refractivity contribution >= 4 is 0 Å². The third kappa shape index (κ3) is 7.47. The molecule has 2 atom stereocenters. The summed E-state index contributed by atoms with van der Waals surface area (Å²) in [4.78, 5) is 0. The molecular formula is C26H38O4. The zero-order valence-corrected chi connectivity index (χ0v) is 18.5. The summed E-state index contributed by atoms with van der Waals surface area (Å²) >= 11 is 0. The molecule has 2 aromatic carbocycles. The van der Waals surface area contributed by atoms with Crippen LogP contribution in [0.25, 0.3) is 0 Å².